The SMILES string of the molecule is C=C1C[C@H]2C=Nc3cc(OCCCC(=O)Nc4nc(C(=O)Cc5cc(C(=O)Nc6cc(C(=O)n7ccc8cc(NP(=O)(O)OCCOC)ccc87)n(C)c6)n(C)c5)cs4)c(C)cc3C(=O)N2C1. The molecule has 2 aromatic carbocycles. The van der Waals surface area contributed by atoms with Gasteiger partial charge in [-0.15, -0.1) is 11.3 Å². The predicted octanol–water partition coefficient (Wildman–Crippen LogP) is 6.91. The number of fused-ring (bicyclic) bond motifs is 3. The van der Waals surface area contributed by atoms with Crippen molar-refractivity contribution in [2.24, 2.45) is 19.1 Å². The van der Waals surface area contributed by atoms with Gasteiger partial charge in [0.05, 0.1) is 48.3 Å². The Hall–Kier alpha value is -6.96. The van der Waals surface area contributed by atoms with Crippen molar-refractivity contribution in [1.29, 1.82) is 0 Å². The molecule has 67 heavy (non-hydrogen) atoms. The summed E-state index contributed by atoms with van der Waals surface area (Å²) in [7, 11) is 0.670. The molecule has 0 aliphatic carbocycles. The fraction of sp³-hybridized carbons (Fsp3) is 0.283. The monoisotopic (exact) mass is 949 g/mol. The highest BCUT2D eigenvalue weighted by Gasteiger charge is 2.34. The van der Waals surface area contributed by atoms with E-state index in [9.17, 15) is 33.4 Å². The maximum atomic E-state index is 13.7. The number of Topliss-reactive ketones (excluding diaryl/α,β-unsaturated/α-hetero) is 1. The van der Waals surface area contributed by atoms with Crippen LogP contribution in [-0.4, -0.2) is 104 Å². The first-order valence-corrected chi connectivity index (χ1v) is 23.6. The van der Waals surface area contributed by atoms with Crippen LogP contribution >= 0.6 is 19.1 Å². The van der Waals surface area contributed by atoms with E-state index in [0.29, 0.717) is 64.2 Å². The Morgan fingerprint density at radius 2 is 1.79 bits per heavy atom. The Morgan fingerprint density at radius 1 is 0.985 bits per heavy atom. The normalized spacial score (nSPS) is 15.2. The van der Waals surface area contributed by atoms with E-state index >= 15 is 0 Å². The third kappa shape index (κ3) is 10.5. The number of rotatable bonds is 18. The van der Waals surface area contributed by atoms with Crippen molar-refractivity contribution in [3.05, 3.63) is 118 Å². The molecular formula is C46H48N9O10PS. The maximum absolute atomic E-state index is 13.7. The number of nitrogens with one attached hydrogen (secondary N) is 3. The number of anilines is 3. The average molecular weight is 950 g/mol. The first kappa shape index (κ1) is 46.6. The number of carbonyl (C=O) groups excluding carboxylic acids is 5. The zero-order valence-corrected chi connectivity index (χ0v) is 38.8. The molecule has 0 spiro atoms. The van der Waals surface area contributed by atoms with E-state index in [1.807, 2.05) is 6.92 Å². The molecule has 0 saturated carbocycles. The van der Waals surface area contributed by atoms with Gasteiger partial charge in [-0.3, -0.25) is 43.1 Å². The number of ether oxygens (including phenoxy) is 2. The molecule has 348 valence electrons. The van der Waals surface area contributed by atoms with Crippen molar-refractivity contribution >= 4 is 87.8 Å². The van der Waals surface area contributed by atoms with Gasteiger partial charge in [-0.2, -0.15) is 0 Å². The number of hydrogen-bond acceptors (Lipinski definition) is 12. The molecule has 6 heterocycles. The largest absolute Gasteiger partial charge is 0.493 e. The van der Waals surface area contributed by atoms with Crippen LogP contribution in [0.15, 0.2) is 89.6 Å². The van der Waals surface area contributed by atoms with Crippen molar-refractivity contribution in [1.82, 2.24) is 23.6 Å². The van der Waals surface area contributed by atoms with Crippen LogP contribution in [0.2, 0.25) is 0 Å². The minimum atomic E-state index is -4.14. The lowest BCUT2D eigenvalue weighted by Gasteiger charge is -2.20. The van der Waals surface area contributed by atoms with Crippen LogP contribution < -0.4 is 20.5 Å². The van der Waals surface area contributed by atoms with E-state index in [-0.39, 0.29) is 84.4 Å². The van der Waals surface area contributed by atoms with E-state index < -0.39 is 13.7 Å². The number of nitrogens with zero attached hydrogens (tertiary/aromatic N) is 6. The van der Waals surface area contributed by atoms with Crippen LogP contribution in [-0.2, 0) is 39.1 Å². The molecule has 4 aromatic heterocycles. The third-order valence-electron chi connectivity index (χ3n) is 11.2. The molecule has 1 unspecified atom stereocenters. The maximum Gasteiger partial charge on any atom is 0.430 e. The summed E-state index contributed by atoms with van der Waals surface area (Å²) < 4.78 is 32.9. The highest BCUT2D eigenvalue weighted by atomic mass is 32.1. The molecule has 0 bridgehead atoms. The highest BCUT2D eigenvalue weighted by molar-refractivity contribution is 7.54. The summed E-state index contributed by atoms with van der Waals surface area (Å²) >= 11 is 1.13. The highest BCUT2D eigenvalue weighted by Crippen LogP contribution is 2.42. The second kappa shape index (κ2) is 19.5. The second-order valence-electron chi connectivity index (χ2n) is 16.3. The van der Waals surface area contributed by atoms with Crippen molar-refractivity contribution < 1.29 is 47.4 Å². The van der Waals surface area contributed by atoms with Crippen molar-refractivity contribution in [3.8, 4) is 5.75 Å². The Balaban J connectivity index is 0.810. The lowest BCUT2D eigenvalue weighted by atomic mass is 10.1. The van der Waals surface area contributed by atoms with Gasteiger partial charge >= 0.3 is 7.75 Å². The fourth-order valence-corrected chi connectivity index (χ4v) is 9.48. The van der Waals surface area contributed by atoms with Gasteiger partial charge in [0.2, 0.25) is 5.91 Å². The lowest BCUT2D eigenvalue weighted by molar-refractivity contribution is -0.116. The van der Waals surface area contributed by atoms with Gasteiger partial charge in [-0.1, -0.05) is 12.2 Å². The molecule has 2 aliphatic heterocycles. The number of thiazole rings is 1. The van der Waals surface area contributed by atoms with Gasteiger partial charge in [0.25, 0.3) is 17.7 Å². The van der Waals surface area contributed by atoms with Crippen LogP contribution in [0.5, 0.6) is 5.75 Å². The summed E-state index contributed by atoms with van der Waals surface area (Å²) in [4.78, 5) is 87.2. The van der Waals surface area contributed by atoms with Crippen molar-refractivity contribution in [3.63, 3.8) is 0 Å². The van der Waals surface area contributed by atoms with Crippen LogP contribution in [0.4, 0.5) is 22.2 Å². The number of ketones is 1. The number of benzene rings is 2. The van der Waals surface area contributed by atoms with Gasteiger partial charge in [-0.05, 0) is 73.4 Å². The van der Waals surface area contributed by atoms with Gasteiger partial charge in [0.15, 0.2) is 10.9 Å². The average Bonchev–Trinajstić information content (AvgIpc) is 4.12. The Bertz CT molecular complexity index is 3040. The summed E-state index contributed by atoms with van der Waals surface area (Å²) in [5, 5.41) is 10.5. The Kier molecular flexibility index (Phi) is 13.5. The summed E-state index contributed by atoms with van der Waals surface area (Å²) in [6, 6.07) is 13.1. The van der Waals surface area contributed by atoms with E-state index in [2.05, 4.69) is 32.3 Å². The number of methoxy groups -OCH3 is 1. The van der Waals surface area contributed by atoms with Crippen molar-refractivity contribution in [2.75, 3.05) is 49.2 Å². The molecule has 0 radical (unpaired) electrons. The van der Waals surface area contributed by atoms with Crippen LogP contribution in [0, 0.1) is 6.92 Å². The molecule has 21 heteroatoms. The van der Waals surface area contributed by atoms with Crippen LogP contribution in [0.25, 0.3) is 10.9 Å². The summed E-state index contributed by atoms with van der Waals surface area (Å²) in [5.74, 6) is -0.910. The number of aryl methyl sites for hydroxylation is 3. The number of carbonyl (C=O) groups is 5. The van der Waals surface area contributed by atoms with Gasteiger partial charge in [-0.25, -0.2) is 9.55 Å². The molecule has 8 rings (SSSR count). The lowest BCUT2D eigenvalue weighted by Crippen LogP contribution is -2.35. The van der Waals surface area contributed by atoms with E-state index in [1.165, 1.54) is 11.7 Å². The topological polar surface area (TPSA) is 230 Å². The van der Waals surface area contributed by atoms with Gasteiger partial charge < -0.3 is 39.0 Å². The van der Waals surface area contributed by atoms with E-state index in [1.54, 1.807) is 107 Å². The molecule has 2 atom stereocenters. The molecule has 3 amide bonds. The number of amides is 3. The molecule has 2 aliphatic rings. The van der Waals surface area contributed by atoms with E-state index in [0.717, 1.165) is 22.5 Å². The molecular weight excluding hydrogens is 902 g/mol. The zero-order valence-electron chi connectivity index (χ0n) is 37.1. The van der Waals surface area contributed by atoms with Gasteiger partial charge in [0, 0.05) is 87.9 Å². The predicted molar refractivity (Wildman–Crippen MR) is 253 cm³/mol. The van der Waals surface area contributed by atoms with E-state index in [4.69, 9.17) is 14.0 Å². The molecule has 1 saturated heterocycles. The minimum absolute atomic E-state index is 0.0421. The Labute approximate surface area is 388 Å². The number of hydrogen-bond donors (Lipinski definition) is 4. The first-order valence-electron chi connectivity index (χ1n) is 21.2. The number of aromatic nitrogens is 4. The molecule has 4 N–H and O–H groups in total. The standard InChI is InChI=1S/C46H48N9O10PS/c1-27-15-33-22-47-35-21-41(28(2)16-34(35)44(59)55(33)23-27)64-12-6-7-42(57)50-46-49-36(26-67-46)40(56)18-29-17-38(52(3)24-29)43(58)48-32-20-39(53(4)25-32)45(60)54-11-10-30-19-31(8-9-37(30)54)51-66(61,62)65-14-13-63-5/h8-11,16-17,19-22,24-26,33H,1,6-7,12-15,18,23H2,2-5H3,(H,48,58)(H,49,50,57)(H2,51,61,62)/t33-/m0/s1. The molecule has 6 aromatic rings. The van der Waals surface area contributed by atoms with Gasteiger partial charge in [0.1, 0.15) is 22.8 Å². The number of aliphatic imine (C=N–C) groups is 1. The summed E-state index contributed by atoms with van der Waals surface area (Å²) in [5.41, 5.74) is 5.42. The minimum Gasteiger partial charge on any atom is -0.493 e. The quantitative estimate of drug-likeness (QED) is 0.0298. The summed E-state index contributed by atoms with van der Waals surface area (Å²) in [6.45, 7) is 6.74. The molecule has 19 nitrogen and oxygen atoms in total. The van der Waals surface area contributed by atoms with Crippen molar-refractivity contribution in [2.45, 2.75) is 38.6 Å². The fourth-order valence-electron chi connectivity index (χ4n) is 7.90. The first-order chi connectivity index (χ1) is 32.0. The summed E-state index contributed by atoms with van der Waals surface area (Å²) in [6.07, 6.45) is 7.87. The molecule has 1 fully saturated rings. The zero-order chi connectivity index (χ0) is 47.6. The third-order valence-corrected chi connectivity index (χ3v) is 13.0. The second-order valence-corrected chi connectivity index (χ2v) is 18.6. The smallest absolute Gasteiger partial charge is 0.430 e. The van der Waals surface area contributed by atoms with Crippen LogP contribution in [0.1, 0.15) is 72.2 Å². The van der Waals surface area contributed by atoms with Crippen LogP contribution in [0.3, 0.4) is 0 Å². The Morgan fingerprint density at radius 3 is 2.60 bits per heavy atom.